The Morgan fingerprint density at radius 2 is 2.16 bits per heavy atom. The maximum absolute atomic E-state index is 13.1. The van der Waals surface area contributed by atoms with Gasteiger partial charge >= 0.3 is 0 Å². The summed E-state index contributed by atoms with van der Waals surface area (Å²) < 4.78 is 18.6. The molecule has 0 unspecified atom stereocenters. The molecule has 1 aromatic carbocycles. The zero-order valence-corrected chi connectivity index (χ0v) is 10.8. The molecule has 1 aromatic heterocycles. The van der Waals surface area contributed by atoms with Crippen molar-refractivity contribution in [2.75, 3.05) is 26.2 Å². The third-order valence-corrected chi connectivity index (χ3v) is 3.87. The van der Waals surface area contributed by atoms with Gasteiger partial charge in [0, 0.05) is 30.5 Å². The molecule has 3 rings (SSSR count). The molecule has 2 heterocycles. The second-order valence-corrected chi connectivity index (χ2v) is 5.11. The summed E-state index contributed by atoms with van der Waals surface area (Å²) in [6, 6.07) is 4.65. The second kappa shape index (κ2) is 5.27. The van der Waals surface area contributed by atoms with Crippen LogP contribution in [0.5, 0.6) is 0 Å². The van der Waals surface area contributed by atoms with Crippen molar-refractivity contribution in [2.24, 2.45) is 5.73 Å². The molecule has 2 N–H and O–H groups in total. The minimum atomic E-state index is -0.273. The molecule has 0 bridgehead atoms. The van der Waals surface area contributed by atoms with Crippen LogP contribution in [-0.4, -0.2) is 36.2 Å². The van der Waals surface area contributed by atoms with Crippen LogP contribution in [-0.2, 0) is 0 Å². The largest absolute Gasteiger partial charge is 0.360 e. The van der Waals surface area contributed by atoms with Crippen LogP contribution in [0.15, 0.2) is 22.7 Å². The lowest BCUT2D eigenvalue weighted by molar-refractivity contribution is 0.202. The molecule has 0 amide bonds. The molecule has 2 aromatic rings. The number of nitrogens with zero attached hydrogens (tertiary/aromatic N) is 2. The lowest BCUT2D eigenvalue weighted by Crippen LogP contribution is -2.36. The molecule has 1 fully saturated rings. The minimum absolute atomic E-state index is 0.273. The van der Waals surface area contributed by atoms with E-state index in [4.69, 9.17) is 10.3 Å². The molecule has 0 saturated carbocycles. The number of hydrogen-bond donors (Lipinski definition) is 1. The number of aromatic nitrogens is 1. The summed E-state index contributed by atoms with van der Waals surface area (Å²) in [5.41, 5.74) is 6.18. The highest BCUT2D eigenvalue weighted by Crippen LogP contribution is 2.33. The Morgan fingerprint density at radius 3 is 2.89 bits per heavy atom. The molecule has 1 aliphatic rings. The first-order valence-electron chi connectivity index (χ1n) is 6.75. The van der Waals surface area contributed by atoms with Crippen LogP contribution in [0.4, 0.5) is 4.39 Å². The lowest BCUT2D eigenvalue weighted by atomic mass is 9.92. The number of rotatable bonds is 3. The van der Waals surface area contributed by atoms with Gasteiger partial charge in [0.2, 0.25) is 0 Å². The van der Waals surface area contributed by atoms with Crippen molar-refractivity contribution in [3.63, 3.8) is 0 Å². The molecular weight excluding hydrogens is 245 g/mol. The Labute approximate surface area is 111 Å². The Hall–Kier alpha value is -1.46. The molecule has 0 radical (unpaired) electrons. The maximum Gasteiger partial charge on any atom is 0.147 e. The maximum atomic E-state index is 13.1. The summed E-state index contributed by atoms with van der Waals surface area (Å²) >= 11 is 0. The molecule has 1 aliphatic heterocycles. The number of halogens is 1. The highest BCUT2D eigenvalue weighted by atomic mass is 19.1. The van der Waals surface area contributed by atoms with E-state index >= 15 is 0 Å². The summed E-state index contributed by atoms with van der Waals surface area (Å²) in [7, 11) is 0. The number of hydrogen-bond acceptors (Lipinski definition) is 4. The summed E-state index contributed by atoms with van der Waals surface area (Å²) in [4.78, 5) is 2.37. The Balaban J connectivity index is 1.78. The van der Waals surface area contributed by atoms with Gasteiger partial charge in [0.05, 0.1) is 0 Å². The number of fused-ring (bicyclic) bond motifs is 1. The fourth-order valence-corrected chi connectivity index (χ4v) is 2.83. The first-order chi connectivity index (χ1) is 9.28. The van der Waals surface area contributed by atoms with Gasteiger partial charge in [0.25, 0.3) is 0 Å². The number of piperidine rings is 1. The minimum Gasteiger partial charge on any atom is -0.360 e. The summed E-state index contributed by atoms with van der Waals surface area (Å²) in [6.45, 7) is 3.72. The normalized spacial score (nSPS) is 18.2. The number of likely N-dealkylation sites (tertiary alicyclic amines) is 1. The van der Waals surface area contributed by atoms with Crippen molar-refractivity contribution >= 4 is 10.9 Å². The number of nitrogens with two attached hydrogens (primary N) is 1. The zero-order valence-electron chi connectivity index (χ0n) is 10.8. The summed E-state index contributed by atoms with van der Waals surface area (Å²) in [5.74, 6) is 1.01. The molecule has 1 saturated heterocycles. The molecule has 4 nitrogen and oxygen atoms in total. The van der Waals surface area contributed by atoms with E-state index in [9.17, 15) is 4.39 Å². The molecular formula is C14H18FN3O. The molecule has 5 heteroatoms. The van der Waals surface area contributed by atoms with E-state index in [0.717, 1.165) is 43.6 Å². The SMILES string of the molecule is NCCN1CCC(c2onc3cc(F)ccc23)CC1. The van der Waals surface area contributed by atoms with Crippen molar-refractivity contribution in [1.82, 2.24) is 10.1 Å². The summed E-state index contributed by atoms with van der Waals surface area (Å²) in [5, 5.41) is 4.90. The third kappa shape index (κ3) is 2.48. The lowest BCUT2D eigenvalue weighted by Gasteiger charge is -2.30. The van der Waals surface area contributed by atoms with Crippen LogP contribution in [0, 0.1) is 5.82 Å². The first-order valence-corrected chi connectivity index (χ1v) is 6.75. The third-order valence-electron chi connectivity index (χ3n) is 3.87. The van der Waals surface area contributed by atoms with Crippen molar-refractivity contribution < 1.29 is 8.91 Å². The predicted molar refractivity (Wildman–Crippen MR) is 71.4 cm³/mol. The fraction of sp³-hybridized carbons (Fsp3) is 0.500. The quantitative estimate of drug-likeness (QED) is 0.921. The van der Waals surface area contributed by atoms with Crippen molar-refractivity contribution in [3.05, 3.63) is 29.8 Å². The molecule has 102 valence electrons. The monoisotopic (exact) mass is 263 g/mol. The van der Waals surface area contributed by atoms with E-state index < -0.39 is 0 Å². The highest BCUT2D eigenvalue weighted by molar-refractivity contribution is 5.80. The van der Waals surface area contributed by atoms with E-state index in [0.29, 0.717) is 18.0 Å². The van der Waals surface area contributed by atoms with E-state index in [2.05, 4.69) is 10.1 Å². The van der Waals surface area contributed by atoms with Gasteiger partial charge in [0.15, 0.2) is 0 Å². The van der Waals surface area contributed by atoms with Crippen LogP contribution in [0.3, 0.4) is 0 Å². The molecule has 0 spiro atoms. The van der Waals surface area contributed by atoms with Gasteiger partial charge in [-0.15, -0.1) is 0 Å². The van der Waals surface area contributed by atoms with Gasteiger partial charge in [-0.1, -0.05) is 5.16 Å². The average Bonchev–Trinajstić information content (AvgIpc) is 2.83. The molecule has 19 heavy (non-hydrogen) atoms. The number of benzene rings is 1. The Kier molecular flexibility index (Phi) is 3.48. The molecule has 0 atom stereocenters. The van der Waals surface area contributed by atoms with Crippen LogP contribution >= 0.6 is 0 Å². The van der Waals surface area contributed by atoms with E-state index in [1.807, 2.05) is 0 Å². The Morgan fingerprint density at radius 1 is 1.37 bits per heavy atom. The topological polar surface area (TPSA) is 55.3 Å². The van der Waals surface area contributed by atoms with Gasteiger partial charge < -0.3 is 15.2 Å². The van der Waals surface area contributed by atoms with Gasteiger partial charge in [-0.2, -0.15) is 0 Å². The van der Waals surface area contributed by atoms with E-state index in [-0.39, 0.29) is 5.82 Å². The fourth-order valence-electron chi connectivity index (χ4n) is 2.83. The first kappa shape index (κ1) is 12.6. The van der Waals surface area contributed by atoms with E-state index in [1.165, 1.54) is 12.1 Å². The van der Waals surface area contributed by atoms with Crippen LogP contribution in [0.2, 0.25) is 0 Å². The van der Waals surface area contributed by atoms with Gasteiger partial charge in [0.1, 0.15) is 17.1 Å². The van der Waals surface area contributed by atoms with Crippen LogP contribution < -0.4 is 5.73 Å². The second-order valence-electron chi connectivity index (χ2n) is 5.11. The van der Waals surface area contributed by atoms with Gasteiger partial charge in [-0.3, -0.25) is 0 Å². The Bertz CT molecular complexity index is 561. The van der Waals surface area contributed by atoms with Gasteiger partial charge in [-0.25, -0.2) is 4.39 Å². The van der Waals surface area contributed by atoms with Crippen LogP contribution in [0.1, 0.15) is 24.5 Å². The van der Waals surface area contributed by atoms with Crippen molar-refractivity contribution in [2.45, 2.75) is 18.8 Å². The van der Waals surface area contributed by atoms with Crippen molar-refractivity contribution in [1.29, 1.82) is 0 Å². The predicted octanol–water partition coefficient (Wildman–Crippen LogP) is 2.10. The van der Waals surface area contributed by atoms with Crippen molar-refractivity contribution in [3.8, 4) is 0 Å². The van der Waals surface area contributed by atoms with E-state index in [1.54, 1.807) is 6.07 Å². The zero-order chi connectivity index (χ0) is 13.2. The van der Waals surface area contributed by atoms with Gasteiger partial charge in [-0.05, 0) is 38.1 Å². The smallest absolute Gasteiger partial charge is 0.147 e. The molecule has 0 aliphatic carbocycles. The standard InChI is InChI=1S/C14H18FN3O/c15-11-1-2-12-13(9-11)17-19-14(12)10-3-6-18(7-4-10)8-5-16/h1-2,9-10H,3-8,16H2. The average molecular weight is 263 g/mol. The summed E-state index contributed by atoms with van der Waals surface area (Å²) in [6.07, 6.45) is 2.09. The highest BCUT2D eigenvalue weighted by Gasteiger charge is 2.25. The van der Waals surface area contributed by atoms with Crippen LogP contribution in [0.25, 0.3) is 10.9 Å².